The lowest BCUT2D eigenvalue weighted by Gasteiger charge is -2.22. The number of ether oxygens (including phenoxy) is 1. The Morgan fingerprint density at radius 2 is 2.18 bits per heavy atom. The van der Waals surface area contributed by atoms with E-state index >= 15 is 0 Å². The molecule has 0 amide bonds. The molecule has 1 aliphatic heterocycles. The van der Waals surface area contributed by atoms with Crippen LogP contribution in [-0.4, -0.2) is 51.9 Å². The first-order valence-electron chi connectivity index (χ1n) is 9.71. The van der Waals surface area contributed by atoms with Gasteiger partial charge in [0.25, 0.3) is 5.56 Å². The average molecular weight is 466 g/mol. The van der Waals surface area contributed by atoms with E-state index in [2.05, 4.69) is 34.7 Å². The van der Waals surface area contributed by atoms with Crippen LogP contribution in [-0.2, 0) is 13.0 Å². The van der Waals surface area contributed by atoms with Gasteiger partial charge in [-0.15, -0.1) is 11.3 Å². The van der Waals surface area contributed by atoms with E-state index in [0.29, 0.717) is 17.7 Å². The standard InChI is InChI=1S/C20H24BrN3O3S/c1-3-23(4-2)10-12(25)11-27-17-14(21)8-7-13-16-19(28-18(13)17)22-15-6-5-9-24(15)20(16)26/h7-8,12,25H,3-6,9-11H2,1-2H3. The number of likely N-dealkylation sites (N-methyl/N-ethyl adjacent to an activating group) is 1. The van der Waals surface area contributed by atoms with Crippen LogP contribution in [0, 0.1) is 0 Å². The molecule has 1 aromatic carbocycles. The van der Waals surface area contributed by atoms with Crippen molar-refractivity contribution in [2.24, 2.45) is 0 Å². The second kappa shape index (κ2) is 8.10. The third kappa shape index (κ3) is 3.47. The van der Waals surface area contributed by atoms with Crippen molar-refractivity contribution >= 4 is 47.6 Å². The van der Waals surface area contributed by atoms with E-state index in [1.807, 2.05) is 12.1 Å². The van der Waals surface area contributed by atoms with Crippen molar-refractivity contribution in [3.05, 3.63) is 32.8 Å². The Morgan fingerprint density at radius 3 is 2.93 bits per heavy atom. The summed E-state index contributed by atoms with van der Waals surface area (Å²) in [6.45, 7) is 7.45. The van der Waals surface area contributed by atoms with Gasteiger partial charge >= 0.3 is 0 Å². The fourth-order valence-corrected chi connectivity index (χ4v) is 5.54. The lowest BCUT2D eigenvalue weighted by Crippen LogP contribution is -2.35. The molecule has 1 unspecified atom stereocenters. The van der Waals surface area contributed by atoms with E-state index in [4.69, 9.17) is 9.72 Å². The summed E-state index contributed by atoms with van der Waals surface area (Å²) in [5.74, 6) is 1.55. The molecule has 0 radical (unpaired) electrons. The normalized spacial score (nSPS) is 14.9. The highest BCUT2D eigenvalue weighted by Gasteiger charge is 2.22. The maximum atomic E-state index is 13.0. The second-order valence-electron chi connectivity index (χ2n) is 7.07. The number of thiophene rings is 1. The van der Waals surface area contributed by atoms with Gasteiger partial charge in [-0.2, -0.15) is 0 Å². The summed E-state index contributed by atoms with van der Waals surface area (Å²) in [6.07, 6.45) is 1.25. The summed E-state index contributed by atoms with van der Waals surface area (Å²) in [4.78, 5) is 20.6. The van der Waals surface area contributed by atoms with Crippen LogP contribution in [0.2, 0.25) is 0 Å². The van der Waals surface area contributed by atoms with E-state index < -0.39 is 6.10 Å². The van der Waals surface area contributed by atoms with Crippen molar-refractivity contribution in [1.29, 1.82) is 0 Å². The molecule has 3 heterocycles. The molecule has 3 aromatic rings. The predicted octanol–water partition coefficient (Wildman–Crippen LogP) is 3.40. The largest absolute Gasteiger partial charge is 0.488 e. The minimum Gasteiger partial charge on any atom is -0.488 e. The van der Waals surface area contributed by atoms with E-state index in [-0.39, 0.29) is 12.2 Å². The molecule has 8 heteroatoms. The molecular formula is C20H24BrN3O3S. The summed E-state index contributed by atoms with van der Waals surface area (Å²) in [6, 6.07) is 3.85. The van der Waals surface area contributed by atoms with Crippen molar-refractivity contribution in [3.8, 4) is 5.75 Å². The first kappa shape index (κ1) is 19.8. The quantitative estimate of drug-likeness (QED) is 0.578. The van der Waals surface area contributed by atoms with Crippen LogP contribution in [0.3, 0.4) is 0 Å². The molecule has 0 bridgehead atoms. The molecule has 1 aliphatic rings. The number of fused-ring (bicyclic) bond motifs is 4. The van der Waals surface area contributed by atoms with Gasteiger partial charge in [0.1, 0.15) is 23.4 Å². The summed E-state index contributed by atoms with van der Waals surface area (Å²) in [7, 11) is 0. The van der Waals surface area contributed by atoms with Crippen LogP contribution in [0.25, 0.3) is 20.3 Å². The zero-order valence-electron chi connectivity index (χ0n) is 16.1. The number of aryl methyl sites for hydroxylation is 1. The van der Waals surface area contributed by atoms with Crippen molar-refractivity contribution in [2.75, 3.05) is 26.2 Å². The number of hydrogen-bond acceptors (Lipinski definition) is 6. The van der Waals surface area contributed by atoms with Gasteiger partial charge in [0.15, 0.2) is 5.75 Å². The number of aliphatic hydroxyl groups excluding tert-OH is 1. The lowest BCUT2D eigenvalue weighted by molar-refractivity contribution is 0.0720. The summed E-state index contributed by atoms with van der Waals surface area (Å²) in [5, 5.41) is 11.9. The molecule has 2 aromatic heterocycles. The van der Waals surface area contributed by atoms with Crippen molar-refractivity contribution in [1.82, 2.24) is 14.5 Å². The minimum absolute atomic E-state index is 0.0404. The van der Waals surface area contributed by atoms with Gasteiger partial charge < -0.3 is 14.7 Å². The van der Waals surface area contributed by atoms with Gasteiger partial charge in [0.05, 0.1) is 14.6 Å². The van der Waals surface area contributed by atoms with Gasteiger partial charge in [-0.25, -0.2) is 4.98 Å². The van der Waals surface area contributed by atoms with Crippen LogP contribution < -0.4 is 10.3 Å². The smallest absolute Gasteiger partial charge is 0.262 e. The molecule has 0 fully saturated rings. The van der Waals surface area contributed by atoms with Gasteiger partial charge in [0.2, 0.25) is 0 Å². The van der Waals surface area contributed by atoms with Crippen molar-refractivity contribution in [3.63, 3.8) is 0 Å². The number of aromatic nitrogens is 2. The molecule has 0 saturated heterocycles. The molecule has 0 spiro atoms. The number of halogens is 1. The highest BCUT2D eigenvalue weighted by atomic mass is 79.9. The number of rotatable bonds is 7. The molecule has 28 heavy (non-hydrogen) atoms. The Labute approximate surface area is 175 Å². The fourth-order valence-electron chi connectivity index (χ4n) is 3.78. The van der Waals surface area contributed by atoms with Crippen LogP contribution in [0.5, 0.6) is 5.75 Å². The van der Waals surface area contributed by atoms with Gasteiger partial charge in [-0.1, -0.05) is 19.9 Å². The monoisotopic (exact) mass is 465 g/mol. The summed E-state index contributed by atoms with van der Waals surface area (Å²) in [5.41, 5.74) is 0.0404. The number of aliphatic hydroxyl groups is 1. The van der Waals surface area contributed by atoms with Crippen molar-refractivity contribution < 1.29 is 9.84 Å². The Bertz CT molecular complexity index is 1070. The van der Waals surface area contributed by atoms with E-state index in [1.54, 1.807) is 4.57 Å². The maximum Gasteiger partial charge on any atom is 0.262 e. The number of nitrogens with zero attached hydrogens (tertiary/aromatic N) is 3. The van der Waals surface area contributed by atoms with Gasteiger partial charge in [-0.3, -0.25) is 9.36 Å². The highest BCUT2D eigenvalue weighted by molar-refractivity contribution is 9.10. The average Bonchev–Trinajstić information content (AvgIpc) is 3.30. The minimum atomic E-state index is -0.580. The third-order valence-corrected chi connectivity index (χ3v) is 7.04. The molecule has 0 aliphatic carbocycles. The fraction of sp³-hybridized carbons (Fsp3) is 0.500. The Morgan fingerprint density at radius 1 is 1.39 bits per heavy atom. The Balaban J connectivity index is 1.70. The second-order valence-corrected chi connectivity index (χ2v) is 8.93. The highest BCUT2D eigenvalue weighted by Crippen LogP contribution is 2.41. The zero-order valence-corrected chi connectivity index (χ0v) is 18.5. The van der Waals surface area contributed by atoms with Crippen LogP contribution in [0.4, 0.5) is 0 Å². The lowest BCUT2D eigenvalue weighted by atomic mass is 10.2. The summed E-state index contributed by atoms with van der Waals surface area (Å²) < 4.78 is 9.53. The van der Waals surface area contributed by atoms with Crippen LogP contribution in [0.15, 0.2) is 21.4 Å². The summed E-state index contributed by atoms with van der Waals surface area (Å²) >= 11 is 5.05. The maximum absolute atomic E-state index is 13.0. The first-order valence-corrected chi connectivity index (χ1v) is 11.3. The topological polar surface area (TPSA) is 67.6 Å². The van der Waals surface area contributed by atoms with Crippen molar-refractivity contribution in [2.45, 2.75) is 39.3 Å². The predicted molar refractivity (Wildman–Crippen MR) is 117 cm³/mol. The van der Waals surface area contributed by atoms with Crippen LogP contribution in [0.1, 0.15) is 26.1 Å². The molecule has 0 saturated carbocycles. The molecule has 4 rings (SSSR count). The van der Waals surface area contributed by atoms with Gasteiger partial charge in [0, 0.05) is 24.9 Å². The molecule has 6 nitrogen and oxygen atoms in total. The van der Waals surface area contributed by atoms with E-state index in [9.17, 15) is 9.90 Å². The van der Waals surface area contributed by atoms with Crippen LogP contribution >= 0.6 is 27.3 Å². The number of hydrogen-bond donors (Lipinski definition) is 1. The zero-order chi connectivity index (χ0) is 19.8. The Kier molecular flexibility index (Phi) is 5.73. The first-order chi connectivity index (χ1) is 13.5. The molecule has 1 atom stereocenters. The van der Waals surface area contributed by atoms with Gasteiger partial charge in [-0.05, 0) is 41.5 Å². The molecule has 1 N–H and O–H groups in total. The molecule has 150 valence electrons. The van der Waals surface area contributed by atoms with E-state index in [1.165, 1.54) is 11.3 Å². The number of benzene rings is 1. The van der Waals surface area contributed by atoms with E-state index in [0.717, 1.165) is 57.7 Å². The SMILES string of the molecule is CCN(CC)CC(O)COc1c(Br)ccc2c1sc1nc3n(c(=O)c12)CCC3. The third-order valence-electron chi connectivity index (χ3n) is 5.31. The Hall–Kier alpha value is -1.48. The molecular weight excluding hydrogens is 442 g/mol.